The smallest absolute Gasteiger partial charge is 0.163 e. The van der Waals surface area contributed by atoms with Crippen LogP contribution in [0.5, 0.6) is 0 Å². The van der Waals surface area contributed by atoms with Gasteiger partial charge in [0.1, 0.15) is 17.3 Å². The van der Waals surface area contributed by atoms with Gasteiger partial charge in [-0.1, -0.05) is 0 Å². The molecule has 0 bridgehead atoms. The molecule has 6 nitrogen and oxygen atoms in total. The van der Waals surface area contributed by atoms with Crippen LogP contribution in [0.25, 0.3) is 22.4 Å². The van der Waals surface area contributed by atoms with Crippen molar-refractivity contribution >= 4 is 28.8 Å². The highest BCUT2D eigenvalue weighted by Gasteiger charge is 2.13. The second-order valence-electron chi connectivity index (χ2n) is 6.00. The number of anilines is 2. The summed E-state index contributed by atoms with van der Waals surface area (Å²) in [5.41, 5.74) is 4.25. The number of hydrogen-bond acceptors (Lipinski definition) is 5. The lowest BCUT2D eigenvalue weighted by Crippen LogP contribution is -2.00. The van der Waals surface area contributed by atoms with E-state index in [1.807, 2.05) is 24.5 Å². The van der Waals surface area contributed by atoms with E-state index >= 15 is 0 Å². The van der Waals surface area contributed by atoms with E-state index in [4.69, 9.17) is 0 Å². The van der Waals surface area contributed by atoms with Crippen LogP contribution in [0.4, 0.5) is 15.9 Å². The Labute approximate surface area is 147 Å². The Morgan fingerprint density at radius 1 is 1.08 bits per heavy atom. The van der Waals surface area contributed by atoms with Gasteiger partial charge in [-0.05, 0) is 36.4 Å². The van der Waals surface area contributed by atoms with Crippen molar-refractivity contribution in [1.82, 2.24) is 19.9 Å². The van der Waals surface area contributed by atoms with Gasteiger partial charge in [-0.3, -0.25) is 9.98 Å². The number of benzene rings is 1. The van der Waals surface area contributed by atoms with Crippen LogP contribution in [0.2, 0.25) is 0 Å². The van der Waals surface area contributed by atoms with E-state index in [-0.39, 0.29) is 5.82 Å². The van der Waals surface area contributed by atoms with Crippen molar-refractivity contribution in [1.29, 1.82) is 0 Å². The van der Waals surface area contributed by atoms with Crippen molar-refractivity contribution in [2.24, 2.45) is 4.99 Å². The molecule has 26 heavy (non-hydrogen) atoms. The predicted molar refractivity (Wildman–Crippen MR) is 98.1 cm³/mol. The molecule has 0 saturated heterocycles. The molecule has 0 aliphatic carbocycles. The third-order valence-electron chi connectivity index (χ3n) is 4.26. The zero-order chi connectivity index (χ0) is 17.5. The van der Waals surface area contributed by atoms with E-state index in [9.17, 15) is 4.39 Å². The lowest BCUT2D eigenvalue weighted by atomic mass is 10.2. The molecule has 1 aliphatic heterocycles. The minimum atomic E-state index is -0.293. The highest BCUT2D eigenvalue weighted by molar-refractivity contribution is 5.91. The number of fused-ring (bicyclic) bond motifs is 2. The second kappa shape index (κ2) is 5.73. The Kier molecular flexibility index (Phi) is 3.24. The van der Waals surface area contributed by atoms with Crippen LogP contribution in [0.1, 0.15) is 11.3 Å². The largest absolute Gasteiger partial charge is 0.346 e. The van der Waals surface area contributed by atoms with Crippen LogP contribution in [0.15, 0.2) is 53.8 Å². The monoisotopic (exact) mass is 344 g/mol. The number of nitrogens with zero attached hydrogens (tertiary/aromatic N) is 4. The van der Waals surface area contributed by atoms with Crippen molar-refractivity contribution in [3.63, 3.8) is 0 Å². The predicted octanol–water partition coefficient (Wildman–Crippen LogP) is 3.84. The fourth-order valence-electron chi connectivity index (χ4n) is 2.95. The molecule has 0 radical (unpaired) electrons. The van der Waals surface area contributed by atoms with Gasteiger partial charge in [0.05, 0.1) is 29.5 Å². The minimum absolute atomic E-state index is 0.293. The van der Waals surface area contributed by atoms with Crippen LogP contribution < -0.4 is 5.32 Å². The van der Waals surface area contributed by atoms with Gasteiger partial charge in [-0.2, -0.15) is 0 Å². The molecule has 1 aliphatic rings. The molecule has 3 aromatic heterocycles. The SMILES string of the molecule is Fc1ccc(-c2nc(Nc3cnc4c(c3)C=NC4)c3cc[nH]c3n2)cc1. The van der Waals surface area contributed by atoms with Crippen molar-refractivity contribution < 1.29 is 4.39 Å². The van der Waals surface area contributed by atoms with Gasteiger partial charge in [0.25, 0.3) is 0 Å². The molecule has 4 aromatic rings. The molecule has 0 spiro atoms. The van der Waals surface area contributed by atoms with E-state index < -0.39 is 0 Å². The third kappa shape index (κ3) is 2.50. The Hall–Kier alpha value is -3.61. The number of aromatic nitrogens is 4. The van der Waals surface area contributed by atoms with E-state index in [1.54, 1.807) is 18.3 Å². The summed E-state index contributed by atoms with van der Waals surface area (Å²) >= 11 is 0. The number of nitrogens with one attached hydrogen (secondary N) is 2. The lowest BCUT2D eigenvalue weighted by molar-refractivity contribution is 0.628. The summed E-state index contributed by atoms with van der Waals surface area (Å²) in [6, 6.07) is 10.0. The van der Waals surface area contributed by atoms with Crippen LogP contribution in [-0.2, 0) is 6.54 Å². The van der Waals surface area contributed by atoms with E-state index in [0.717, 1.165) is 27.9 Å². The fourth-order valence-corrected chi connectivity index (χ4v) is 2.95. The van der Waals surface area contributed by atoms with Gasteiger partial charge in [-0.25, -0.2) is 14.4 Å². The Bertz CT molecular complexity index is 1150. The van der Waals surface area contributed by atoms with Gasteiger partial charge in [0.2, 0.25) is 0 Å². The van der Waals surface area contributed by atoms with Gasteiger partial charge in [0.15, 0.2) is 5.82 Å². The minimum Gasteiger partial charge on any atom is -0.346 e. The van der Waals surface area contributed by atoms with Gasteiger partial charge >= 0.3 is 0 Å². The number of pyridine rings is 1. The van der Waals surface area contributed by atoms with Gasteiger partial charge in [-0.15, -0.1) is 0 Å². The zero-order valence-electron chi connectivity index (χ0n) is 13.6. The maximum atomic E-state index is 13.2. The zero-order valence-corrected chi connectivity index (χ0v) is 13.6. The Morgan fingerprint density at radius 2 is 1.96 bits per heavy atom. The topological polar surface area (TPSA) is 78.9 Å². The molecular weight excluding hydrogens is 331 g/mol. The van der Waals surface area contributed by atoms with E-state index in [1.165, 1.54) is 12.1 Å². The molecule has 0 unspecified atom stereocenters. The van der Waals surface area contributed by atoms with Crippen molar-refractivity contribution in [2.75, 3.05) is 5.32 Å². The van der Waals surface area contributed by atoms with Crippen molar-refractivity contribution in [3.8, 4) is 11.4 Å². The van der Waals surface area contributed by atoms with Crippen LogP contribution in [-0.4, -0.2) is 26.2 Å². The maximum absolute atomic E-state index is 13.2. The highest BCUT2D eigenvalue weighted by atomic mass is 19.1. The Balaban J connectivity index is 1.59. The quantitative estimate of drug-likeness (QED) is 0.592. The normalized spacial score (nSPS) is 12.5. The first-order chi connectivity index (χ1) is 12.8. The molecule has 0 fully saturated rings. The summed E-state index contributed by atoms with van der Waals surface area (Å²) in [6.45, 7) is 0.625. The van der Waals surface area contributed by atoms with Crippen LogP contribution >= 0.6 is 0 Å². The average molecular weight is 344 g/mol. The molecule has 5 rings (SSSR count). The number of rotatable bonds is 3. The van der Waals surface area contributed by atoms with Gasteiger partial charge < -0.3 is 10.3 Å². The standard InChI is InChI=1S/C19H13FN6/c20-13-3-1-11(2-4-13)17-25-18-15(5-6-22-18)19(26-17)24-14-7-12-8-21-10-16(12)23-9-14/h1-9H,10H2,(H2,22,24,25,26). The molecular formula is C19H13FN6. The fraction of sp³-hybridized carbons (Fsp3) is 0.0526. The highest BCUT2D eigenvalue weighted by Crippen LogP contribution is 2.27. The average Bonchev–Trinajstić information content (AvgIpc) is 3.30. The first kappa shape index (κ1) is 14.7. The van der Waals surface area contributed by atoms with Crippen LogP contribution in [0, 0.1) is 5.82 Å². The first-order valence-corrected chi connectivity index (χ1v) is 8.13. The molecule has 4 heterocycles. The molecule has 2 N–H and O–H groups in total. The summed E-state index contributed by atoms with van der Waals surface area (Å²) in [5.74, 6) is 0.879. The summed E-state index contributed by atoms with van der Waals surface area (Å²) < 4.78 is 13.2. The molecule has 0 saturated carbocycles. The van der Waals surface area contributed by atoms with E-state index in [0.29, 0.717) is 23.8 Å². The number of aromatic amines is 1. The first-order valence-electron chi connectivity index (χ1n) is 8.13. The number of aliphatic imine (C=N–C) groups is 1. The summed E-state index contributed by atoms with van der Waals surface area (Å²) in [5, 5.41) is 4.18. The number of halogens is 1. The second-order valence-corrected chi connectivity index (χ2v) is 6.00. The van der Waals surface area contributed by atoms with Crippen molar-refractivity contribution in [2.45, 2.75) is 6.54 Å². The molecule has 7 heteroatoms. The van der Waals surface area contributed by atoms with E-state index in [2.05, 4.69) is 30.2 Å². The Morgan fingerprint density at radius 3 is 2.85 bits per heavy atom. The lowest BCUT2D eigenvalue weighted by Gasteiger charge is -2.10. The summed E-state index contributed by atoms with van der Waals surface area (Å²) in [4.78, 5) is 20.9. The van der Waals surface area contributed by atoms with Crippen LogP contribution in [0.3, 0.4) is 0 Å². The maximum Gasteiger partial charge on any atom is 0.163 e. The summed E-state index contributed by atoms with van der Waals surface area (Å²) in [7, 11) is 0. The molecule has 126 valence electrons. The molecule has 0 atom stereocenters. The summed E-state index contributed by atoms with van der Waals surface area (Å²) in [6.07, 6.45) is 5.40. The molecule has 0 amide bonds. The van der Waals surface area contributed by atoms with Crippen molar-refractivity contribution in [3.05, 3.63) is 65.9 Å². The number of hydrogen-bond donors (Lipinski definition) is 2. The number of H-pyrrole nitrogens is 1. The third-order valence-corrected chi connectivity index (χ3v) is 4.26. The molecule has 1 aromatic carbocycles. The van der Waals surface area contributed by atoms with Gasteiger partial charge in [0, 0.05) is 23.5 Å².